The minimum absolute atomic E-state index is 0.0341. The van der Waals surface area contributed by atoms with Gasteiger partial charge in [-0.2, -0.15) is 0 Å². The predicted molar refractivity (Wildman–Crippen MR) is 45.6 cm³/mol. The first kappa shape index (κ1) is 9.23. The summed E-state index contributed by atoms with van der Waals surface area (Å²) in [6, 6.07) is 0.0972. The van der Waals surface area contributed by atoms with Gasteiger partial charge in [0, 0.05) is 18.9 Å². The van der Waals surface area contributed by atoms with Crippen LogP contribution < -0.4 is 5.32 Å². The maximum absolute atomic E-state index is 11.1. The van der Waals surface area contributed by atoms with E-state index in [9.17, 15) is 9.59 Å². The van der Waals surface area contributed by atoms with E-state index in [4.69, 9.17) is 0 Å². The average Bonchev–Trinajstić information content (AvgIpc) is 2.33. The van der Waals surface area contributed by atoms with Crippen LogP contribution in [0, 0.1) is 5.92 Å². The summed E-state index contributed by atoms with van der Waals surface area (Å²) in [6.07, 6.45) is 2.93. The van der Waals surface area contributed by atoms with Crippen molar-refractivity contribution < 1.29 is 9.59 Å². The number of nitrogens with one attached hydrogen (secondary N) is 1. The summed E-state index contributed by atoms with van der Waals surface area (Å²) >= 11 is 0. The highest BCUT2D eigenvalue weighted by Gasteiger charge is 2.30. The molecular formula is C9H15NO2. The van der Waals surface area contributed by atoms with Crippen molar-refractivity contribution in [3.05, 3.63) is 0 Å². The van der Waals surface area contributed by atoms with Crippen molar-refractivity contribution in [3.8, 4) is 0 Å². The largest absolute Gasteiger partial charge is 0.353 e. The molecule has 2 unspecified atom stereocenters. The standard InChI is InChI=1S/C9H15NO2/c1-6(11)8-4-3-5-9(8)10-7(2)12/h8-9H,3-5H2,1-2H3,(H,10,12). The molecule has 1 aliphatic carbocycles. The molecule has 1 amide bonds. The normalized spacial score (nSPS) is 28.5. The molecular weight excluding hydrogens is 154 g/mol. The van der Waals surface area contributed by atoms with Crippen LogP contribution in [0.15, 0.2) is 0 Å². The Morgan fingerprint density at radius 1 is 1.25 bits per heavy atom. The highest BCUT2D eigenvalue weighted by atomic mass is 16.1. The number of hydrogen-bond acceptors (Lipinski definition) is 2. The summed E-state index contributed by atoms with van der Waals surface area (Å²) in [5, 5.41) is 2.81. The van der Waals surface area contributed by atoms with Gasteiger partial charge in [0.25, 0.3) is 0 Å². The van der Waals surface area contributed by atoms with E-state index in [-0.39, 0.29) is 23.7 Å². The average molecular weight is 169 g/mol. The molecule has 1 rings (SSSR count). The lowest BCUT2D eigenvalue weighted by molar-refractivity contribution is -0.122. The van der Waals surface area contributed by atoms with Crippen LogP contribution in [-0.4, -0.2) is 17.7 Å². The lowest BCUT2D eigenvalue weighted by Gasteiger charge is -2.17. The maximum atomic E-state index is 11.1. The number of Topliss-reactive ketones (excluding diaryl/α,β-unsaturated/α-hetero) is 1. The molecule has 0 aliphatic heterocycles. The van der Waals surface area contributed by atoms with E-state index in [0.717, 1.165) is 19.3 Å². The predicted octanol–water partition coefficient (Wildman–Crippen LogP) is 0.880. The number of rotatable bonds is 2. The summed E-state index contributed by atoms with van der Waals surface area (Å²) in [6.45, 7) is 3.10. The Morgan fingerprint density at radius 3 is 2.42 bits per heavy atom. The minimum atomic E-state index is -0.0341. The van der Waals surface area contributed by atoms with E-state index in [1.54, 1.807) is 6.92 Å². The van der Waals surface area contributed by atoms with Crippen molar-refractivity contribution in [1.29, 1.82) is 0 Å². The first-order valence-electron chi connectivity index (χ1n) is 4.39. The number of ketones is 1. The number of carbonyl (C=O) groups is 2. The van der Waals surface area contributed by atoms with Crippen LogP contribution in [-0.2, 0) is 9.59 Å². The van der Waals surface area contributed by atoms with Crippen molar-refractivity contribution >= 4 is 11.7 Å². The van der Waals surface area contributed by atoms with Gasteiger partial charge in [-0.25, -0.2) is 0 Å². The summed E-state index contributed by atoms with van der Waals surface area (Å²) in [4.78, 5) is 21.8. The molecule has 1 fully saturated rings. The van der Waals surface area contributed by atoms with Crippen LogP contribution in [0.3, 0.4) is 0 Å². The number of hydrogen-bond donors (Lipinski definition) is 1. The monoisotopic (exact) mass is 169 g/mol. The van der Waals surface area contributed by atoms with Gasteiger partial charge in [0.1, 0.15) is 5.78 Å². The van der Waals surface area contributed by atoms with Crippen LogP contribution in [0.25, 0.3) is 0 Å². The summed E-state index contributed by atoms with van der Waals surface area (Å²) < 4.78 is 0. The molecule has 1 N–H and O–H groups in total. The van der Waals surface area contributed by atoms with Crippen LogP contribution in [0.5, 0.6) is 0 Å². The summed E-state index contributed by atoms with van der Waals surface area (Å²) in [7, 11) is 0. The molecule has 3 heteroatoms. The van der Waals surface area contributed by atoms with Crippen molar-refractivity contribution in [2.75, 3.05) is 0 Å². The molecule has 68 valence electrons. The molecule has 0 radical (unpaired) electrons. The fraction of sp³-hybridized carbons (Fsp3) is 0.778. The van der Waals surface area contributed by atoms with E-state index in [1.807, 2.05) is 0 Å². The zero-order chi connectivity index (χ0) is 9.14. The molecule has 2 atom stereocenters. The van der Waals surface area contributed by atoms with E-state index in [2.05, 4.69) is 5.32 Å². The fourth-order valence-electron chi connectivity index (χ4n) is 1.88. The van der Waals surface area contributed by atoms with E-state index in [0.29, 0.717) is 0 Å². The molecule has 0 saturated heterocycles. The molecule has 0 aromatic carbocycles. The molecule has 1 saturated carbocycles. The van der Waals surface area contributed by atoms with Crippen molar-refractivity contribution in [2.45, 2.75) is 39.2 Å². The quantitative estimate of drug-likeness (QED) is 0.667. The Morgan fingerprint density at radius 2 is 1.92 bits per heavy atom. The lowest BCUT2D eigenvalue weighted by atomic mass is 9.99. The third kappa shape index (κ3) is 2.06. The summed E-state index contributed by atoms with van der Waals surface area (Å²) in [5.41, 5.74) is 0. The van der Waals surface area contributed by atoms with Crippen LogP contribution in [0.1, 0.15) is 33.1 Å². The molecule has 0 aromatic rings. The lowest BCUT2D eigenvalue weighted by Crippen LogP contribution is -2.38. The first-order valence-corrected chi connectivity index (χ1v) is 4.39. The Balaban J connectivity index is 2.52. The second kappa shape index (κ2) is 3.70. The summed E-state index contributed by atoms with van der Waals surface area (Å²) in [5.74, 6) is 0.230. The molecule has 1 aliphatic rings. The molecule has 0 aromatic heterocycles. The molecule has 0 spiro atoms. The fourth-order valence-corrected chi connectivity index (χ4v) is 1.88. The Kier molecular flexibility index (Phi) is 2.84. The molecule has 0 heterocycles. The van der Waals surface area contributed by atoms with Crippen LogP contribution >= 0.6 is 0 Å². The Labute approximate surface area is 72.5 Å². The molecule has 12 heavy (non-hydrogen) atoms. The van der Waals surface area contributed by atoms with Gasteiger partial charge >= 0.3 is 0 Å². The van der Waals surface area contributed by atoms with Crippen molar-refractivity contribution in [1.82, 2.24) is 5.32 Å². The van der Waals surface area contributed by atoms with Gasteiger partial charge in [0.05, 0.1) is 0 Å². The van der Waals surface area contributed by atoms with Gasteiger partial charge < -0.3 is 5.32 Å². The SMILES string of the molecule is CC(=O)NC1CCCC1C(C)=O. The van der Waals surface area contributed by atoms with E-state index >= 15 is 0 Å². The van der Waals surface area contributed by atoms with Gasteiger partial charge in [-0.05, 0) is 19.8 Å². The van der Waals surface area contributed by atoms with Gasteiger partial charge in [0.15, 0.2) is 0 Å². The van der Waals surface area contributed by atoms with Crippen molar-refractivity contribution in [3.63, 3.8) is 0 Å². The minimum Gasteiger partial charge on any atom is -0.353 e. The second-order valence-electron chi connectivity index (χ2n) is 3.46. The van der Waals surface area contributed by atoms with E-state index < -0.39 is 0 Å². The van der Waals surface area contributed by atoms with Gasteiger partial charge in [0.2, 0.25) is 5.91 Å². The third-order valence-corrected chi connectivity index (χ3v) is 2.43. The van der Waals surface area contributed by atoms with E-state index in [1.165, 1.54) is 6.92 Å². The van der Waals surface area contributed by atoms with Crippen molar-refractivity contribution in [2.24, 2.45) is 5.92 Å². The van der Waals surface area contributed by atoms with Crippen LogP contribution in [0.4, 0.5) is 0 Å². The maximum Gasteiger partial charge on any atom is 0.217 e. The Hall–Kier alpha value is -0.860. The van der Waals surface area contributed by atoms with Gasteiger partial charge in [-0.1, -0.05) is 6.42 Å². The smallest absolute Gasteiger partial charge is 0.217 e. The number of amides is 1. The second-order valence-corrected chi connectivity index (χ2v) is 3.46. The molecule has 0 bridgehead atoms. The third-order valence-electron chi connectivity index (χ3n) is 2.43. The first-order chi connectivity index (χ1) is 5.61. The Bertz CT molecular complexity index is 201. The number of carbonyl (C=O) groups excluding carboxylic acids is 2. The highest BCUT2D eigenvalue weighted by molar-refractivity contribution is 5.81. The van der Waals surface area contributed by atoms with Gasteiger partial charge in [-0.3, -0.25) is 9.59 Å². The zero-order valence-corrected chi connectivity index (χ0v) is 7.59. The zero-order valence-electron chi connectivity index (χ0n) is 7.59. The van der Waals surface area contributed by atoms with Gasteiger partial charge in [-0.15, -0.1) is 0 Å². The highest BCUT2D eigenvalue weighted by Crippen LogP contribution is 2.26. The molecule has 3 nitrogen and oxygen atoms in total. The van der Waals surface area contributed by atoms with Crippen LogP contribution in [0.2, 0.25) is 0 Å². The topological polar surface area (TPSA) is 46.2 Å².